The van der Waals surface area contributed by atoms with Gasteiger partial charge in [0.2, 0.25) is 20.0 Å². The van der Waals surface area contributed by atoms with E-state index in [1.807, 2.05) is 0 Å². The average Bonchev–Trinajstić information content (AvgIpc) is 2.83. The van der Waals surface area contributed by atoms with Crippen LogP contribution in [0.3, 0.4) is 0 Å². The molecule has 2 unspecified atom stereocenters. The summed E-state index contributed by atoms with van der Waals surface area (Å²) >= 11 is 0. The number of hydrogen-bond acceptors (Lipinski definition) is 8. The Kier molecular flexibility index (Phi) is 7.65. The second-order valence-electron chi connectivity index (χ2n) is 7.88. The van der Waals surface area contributed by atoms with Gasteiger partial charge < -0.3 is 18.9 Å². The smallest absolute Gasteiger partial charge is 0.243 e. The van der Waals surface area contributed by atoms with Crippen molar-refractivity contribution in [3.8, 4) is 23.0 Å². The Morgan fingerprint density at radius 2 is 0.941 bits per heavy atom. The van der Waals surface area contributed by atoms with Gasteiger partial charge in [0.15, 0.2) is 23.0 Å². The molecule has 2 atom stereocenters. The summed E-state index contributed by atoms with van der Waals surface area (Å²) in [7, 11) is -2.04. The van der Waals surface area contributed by atoms with Gasteiger partial charge in [0.05, 0.1) is 38.2 Å². The van der Waals surface area contributed by atoms with E-state index in [0.717, 1.165) is 0 Å². The molecule has 1 fully saturated rings. The van der Waals surface area contributed by atoms with E-state index >= 15 is 0 Å². The van der Waals surface area contributed by atoms with Gasteiger partial charge in [0.1, 0.15) is 0 Å². The van der Waals surface area contributed by atoms with E-state index in [2.05, 4.69) is 0 Å². The molecule has 0 bridgehead atoms. The lowest BCUT2D eigenvalue weighted by molar-refractivity contribution is 0.163. The summed E-state index contributed by atoms with van der Waals surface area (Å²) in [5.74, 6) is 1.40. The molecule has 1 aliphatic heterocycles. The maximum Gasteiger partial charge on any atom is 0.243 e. The van der Waals surface area contributed by atoms with Crippen LogP contribution in [0, 0.1) is 0 Å². The maximum absolute atomic E-state index is 13.4. The Morgan fingerprint density at radius 1 is 0.618 bits per heavy atom. The van der Waals surface area contributed by atoms with Crippen LogP contribution in [0.15, 0.2) is 46.2 Å². The SMILES string of the molecule is COc1ccc(S(=O)(=O)N2CC(C)N(S(=O)(=O)c3ccc(OC)c(OC)c3)CC2C)cc1OC. The van der Waals surface area contributed by atoms with Gasteiger partial charge in [-0.2, -0.15) is 8.61 Å². The second kappa shape index (κ2) is 9.98. The first-order chi connectivity index (χ1) is 16.0. The Morgan fingerprint density at radius 3 is 1.24 bits per heavy atom. The Bertz CT molecular complexity index is 1150. The summed E-state index contributed by atoms with van der Waals surface area (Å²) in [6.45, 7) is 3.34. The highest BCUT2D eigenvalue weighted by molar-refractivity contribution is 7.89. The normalized spacial score (nSPS) is 20.1. The van der Waals surface area contributed by atoms with Gasteiger partial charge in [0.25, 0.3) is 0 Å². The molecule has 0 radical (unpaired) electrons. The molecule has 1 saturated heterocycles. The number of benzene rings is 2. The lowest BCUT2D eigenvalue weighted by atomic mass is 10.2. The van der Waals surface area contributed by atoms with Crippen LogP contribution in [0.5, 0.6) is 23.0 Å². The van der Waals surface area contributed by atoms with Crippen LogP contribution in [-0.4, -0.2) is 79.1 Å². The van der Waals surface area contributed by atoms with Gasteiger partial charge in [0, 0.05) is 37.3 Å². The van der Waals surface area contributed by atoms with E-state index in [-0.39, 0.29) is 22.9 Å². The molecular weight excluding hydrogens is 484 g/mol. The van der Waals surface area contributed by atoms with Gasteiger partial charge in [-0.3, -0.25) is 0 Å². The number of hydrogen-bond donors (Lipinski definition) is 0. The lowest BCUT2D eigenvalue weighted by Crippen LogP contribution is -2.59. The number of methoxy groups -OCH3 is 4. The van der Waals surface area contributed by atoms with Crippen molar-refractivity contribution in [3.05, 3.63) is 36.4 Å². The number of ether oxygens (including phenoxy) is 4. The molecule has 0 aromatic heterocycles. The molecule has 0 saturated carbocycles. The van der Waals surface area contributed by atoms with E-state index in [1.165, 1.54) is 73.4 Å². The summed E-state index contributed by atoms with van der Waals surface area (Å²) in [4.78, 5) is 0.0841. The zero-order valence-electron chi connectivity index (χ0n) is 20.0. The van der Waals surface area contributed by atoms with Crippen LogP contribution in [0.1, 0.15) is 13.8 Å². The lowest BCUT2D eigenvalue weighted by Gasteiger charge is -2.42. The highest BCUT2D eigenvalue weighted by Crippen LogP contribution is 2.35. The topological polar surface area (TPSA) is 112 Å². The van der Waals surface area contributed by atoms with Gasteiger partial charge in [-0.15, -0.1) is 0 Å². The summed E-state index contributed by atoms with van der Waals surface area (Å²) in [6.07, 6.45) is 0. The first-order valence-corrected chi connectivity index (χ1v) is 13.4. The third-order valence-electron chi connectivity index (χ3n) is 5.79. The van der Waals surface area contributed by atoms with Crippen LogP contribution in [0.25, 0.3) is 0 Å². The zero-order valence-corrected chi connectivity index (χ0v) is 21.6. The highest BCUT2D eigenvalue weighted by Gasteiger charge is 2.42. The minimum atomic E-state index is -3.92. The number of sulfonamides is 2. The van der Waals surface area contributed by atoms with Crippen LogP contribution >= 0.6 is 0 Å². The monoisotopic (exact) mass is 514 g/mol. The van der Waals surface area contributed by atoms with Gasteiger partial charge in [-0.25, -0.2) is 16.8 Å². The third kappa shape index (κ3) is 4.67. The molecule has 0 N–H and O–H groups in total. The molecule has 0 amide bonds. The molecule has 0 spiro atoms. The minimum Gasteiger partial charge on any atom is -0.493 e. The summed E-state index contributed by atoms with van der Waals surface area (Å²) in [5, 5.41) is 0. The van der Waals surface area contributed by atoms with E-state index < -0.39 is 32.1 Å². The van der Waals surface area contributed by atoms with Crippen LogP contribution in [0.4, 0.5) is 0 Å². The van der Waals surface area contributed by atoms with E-state index in [1.54, 1.807) is 13.8 Å². The Hall–Kier alpha value is -2.54. The number of rotatable bonds is 8. The molecule has 12 heteroatoms. The molecular formula is C22H30N2O8S2. The fraction of sp³-hybridized carbons (Fsp3) is 0.455. The summed E-state index contributed by atoms with van der Waals surface area (Å²) < 4.78 is 77.2. The minimum absolute atomic E-state index is 0.00956. The van der Waals surface area contributed by atoms with Crippen molar-refractivity contribution in [2.24, 2.45) is 0 Å². The van der Waals surface area contributed by atoms with E-state index in [4.69, 9.17) is 18.9 Å². The maximum atomic E-state index is 13.4. The molecule has 34 heavy (non-hydrogen) atoms. The van der Waals surface area contributed by atoms with Crippen LogP contribution in [-0.2, 0) is 20.0 Å². The van der Waals surface area contributed by atoms with Gasteiger partial charge >= 0.3 is 0 Å². The predicted molar refractivity (Wildman–Crippen MR) is 126 cm³/mol. The van der Waals surface area contributed by atoms with Crippen molar-refractivity contribution in [2.75, 3.05) is 41.5 Å². The second-order valence-corrected chi connectivity index (χ2v) is 11.7. The number of nitrogens with zero attached hydrogens (tertiary/aromatic N) is 2. The summed E-state index contributed by atoms with van der Waals surface area (Å²) in [6, 6.07) is 7.53. The predicted octanol–water partition coefficient (Wildman–Crippen LogP) is 2.19. The van der Waals surface area contributed by atoms with Gasteiger partial charge in [-0.05, 0) is 38.1 Å². The van der Waals surface area contributed by atoms with E-state index in [0.29, 0.717) is 23.0 Å². The molecule has 0 aliphatic carbocycles. The zero-order chi connectivity index (χ0) is 25.3. The molecule has 188 valence electrons. The largest absolute Gasteiger partial charge is 0.493 e. The van der Waals surface area contributed by atoms with Crippen molar-refractivity contribution < 1.29 is 35.8 Å². The Labute approximate surface area is 201 Å². The van der Waals surface area contributed by atoms with Crippen molar-refractivity contribution in [2.45, 2.75) is 35.7 Å². The molecule has 2 aromatic rings. The molecule has 1 aliphatic rings. The summed E-state index contributed by atoms with van der Waals surface area (Å²) in [5.41, 5.74) is 0. The van der Waals surface area contributed by atoms with Crippen LogP contribution < -0.4 is 18.9 Å². The molecule has 1 heterocycles. The van der Waals surface area contributed by atoms with Crippen molar-refractivity contribution >= 4 is 20.0 Å². The standard InChI is InChI=1S/C22H30N2O8S2/c1-15-13-24(34(27,28)18-8-10-20(30-4)22(12-18)32-6)16(2)14-23(15)33(25,26)17-7-9-19(29-3)21(11-17)31-5/h7-12,15-16H,13-14H2,1-6H3. The van der Waals surface area contributed by atoms with Crippen molar-refractivity contribution in [1.82, 2.24) is 8.61 Å². The quantitative estimate of drug-likeness (QED) is 0.527. The van der Waals surface area contributed by atoms with Crippen molar-refractivity contribution in [3.63, 3.8) is 0 Å². The Balaban J connectivity index is 1.90. The number of piperazine rings is 1. The average molecular weight is 515 g/mol. The first-order valence-electron chi connectivity index (χ1n) is 10.5. The van der Waals surface area contributed by atoms with Crippen LogP contribution in [0.2, 0.25) is 0 Å². The first kappa shape index (κ1) is 26.1. The highest BCUT2D eigenvalue weighted by atomic mass is 32.2. The van der Waals surface area contributed by atoms with Gasteiger partial charge in [-0.1, -0.05) is 0 Å². The molecule has 2 aromatic carbocycles. The van der Waals surface area contributed by atoms with E-state index in [9.17, 15) is 16.8 Å². The fourth-order valence-electron chi connectivity index (χ4n) is 3.96. The molecule has 10 nitrogen and oxygen atoms in total. The third-order valence-corrected chi connectivity index (χ3v) is 9.75. The molecule has 3 rings (SSSR count). The van der Waals surface area contributed by atoms with Crippen molar-refractivity contribution in [1.29, 1.82) is 0 Å². The fourth-order valence-corrected chi connectivity index (χ4v) is 7.40.